The summed E-state index contributed by atoms with van der Waals surface area (Å²) in [6.07, 6.45) is 5.86. The van der Waals surface area contributed by atoms with Crippen molar-refractivity contribution in [2.24, 2.45) is 11.7 Å². The van der Waals surface area contributed by atoms with Crippen LogP contribution in [0, 0.1) is 12.8 Å². The Hall–Kier alpha value is -2.22. The maximum atomic E-state index is 13.0. The van der Waals surface area contributed by atoms with Gasteiger partial charge in [0.15, 0.2) is 0 Å². The number of carbonyl (C=O) groups excluding carboxylic acids is 2. The van der Waals surface area contributed by atoms with Crippen molar-refractivity contribution in [1.29, 1.82) is 0 Å². The van der Waals surface area contributed by atoms with Gasteiger partial charge in [-0.3, -0.25) is 19.0 Å². The molecule has 27 heavy (non-hydrogen) atoms. The first-order valence-electron chi connectivity index (χ1n) is 9.51. The number of hydrogen-bond acceptors (Lipinski definition) is 5. The molecule has 0 aliphatic carbocycles. The lowest BCUT2D eigenvalue weighted by Crippen LogP contribution is -2.41. The molecule has 146 valence electrons. The fourth-order valence-electron chi connectivity index (χ4n) is 3.57. The largest absolute Gasteiger partial charge is 0.369 e. The van der Waals surface area contributed by atoms with Crippen molar-refractivity contribution in [1.82, 2.24) is 14.5 Å². The average molecular weight is 391 g/mol. The first-order chi connectivity index (χ1) is 12.9. The van der Waals surface area contributed by atoms with Crippen molar-refractivity contribution < 1.29 is 9.59 Å². The number of aryl methyl sites for hydroxylation is 2. The molecule has 2 N–H and O–H groups in total. The summed E-state index contributed by atoms with van der Waals surface area (Å²) >= 11 is 1.28. The van der Waals surface area contributed by atoms with Gasteiger partial charge in [0.05, 0.1) is 16.6 Å². The molecule has 0 atom stereocenters. The highest BCUT2D eigenvalue weighted by Gasteiger charge is 2.29. The number of aromatic nitrogens is 2. The van der Waals surface area contributed by atoms with E-state index in [-0.39, 0.29) is 23.3 Å². The Morgan fingerprint density at radius 2 is 2.00 bits per heavy atom. The average Bonchev–Trinajstić information content (AvgIpc) is 3.00. The molecule has 7 nitrogen and oxygen atoms in total. The summed E-state index contributed by atoms with van der Waals surface area (Å²) in [5, 5.41) is 0.550. The molecular formula is C19H26N4O3S. The predicted octanol–water partition coefficient (Wildman–Crippen LogP) is 2.29. The fourth-order valence-corrected chi connectivity index (χ4v) is 4.67. The monoisotopic (exact) mass is 390 g/mol. The molecule has 1 aliphatic rings. The van der Waals surface area contributed by atoms with Gasteiger partial charge < -0.3 is 10.6 Å². The van der Waals surface area contributed by atoms with Crippen LogP contribution >= 0.6 is 11.3 Å². The molecule has 2 amide bonds. The molecular weight excluding hydrogens is 364 g/mol. The third-order valence-electron chi connectivity index (χ3n) is 5.30. The second-order valence-corrected chi connectivity index (χ2v) is 8.15. The molecule has 0 saturated carbocycles. The Bertz CT molecular complexity index is 910. The molecule has 2 aromatic rings. The normalized spacial score (nSPS) is 15.4. The number of hydrogen-bond donors (Lipinski definition) is 1. The number of nitrogens with two attached hydrogens (primary N) is 1. The molecule has 0 bridgehead atoms. The van der Waals surface area contributed by atoms with Gasteiger partial charge in [0, 0.05) is 25.6 Å². The van der Waals surface area contributed by atoms with Crippen LogP contribution in [0.25, 0.3) is 10.2 Å². The van der Waals surface area contributed by atoms with E-state index in [0.29, 0.717) is 53.1 Å². The summed E-state index contributed by atoms with van der Waals surface area (Å²) in [7, 11) is 0. The molecule has 2 aromatic heterocycles. The van der Waals surface area contributed by atoms with E-state index < -0.39 is 0 Å². The highest BCUT2D eigenvalue weighted by molar-refractivity contribution is 7.20. The van der Waals surface area contributed by atoms with Gasteiger partial charge in [0.25, 0.3) is 11.5 Å². The van der Waals surface area contributed by atoms with Crippen molar-refractivity contribution in [2.75, 3.05) is 13.1 Å². The lowest BCUT2D eigenvalue weighted by molar-refractivity contribution is -0.123. The first kappa shape index (κ1) is 19.5. The summed E-state index contributed by atoms with van der Waals surface area (Å²) in [5.41, 5.74) is 6.00. The van der Waals surface area contributed by atoms with Crippen LogP contribution in [0.5, 0.6) is 0 Å². The number of nitrogens with zero attached hydrogens (tertiary/aromatic N) is 3. The highest BCUT2D eigenvalue weighted by atomic mass is 32.1. The van der Waals surface area contributed by atoms with E-state index in [9.17, 15) is 14.4 Å². The quantitative estimate of drug-likeness (QED) is 0.765. The lowest BCUT2D eigenvalue weighted by Gasteiger charge is -2.30. The van der Waals surface area contributed by atoms with Crippen LogP contribution < -0.4 is 11.3 Å². The van der Waals surface area contributed by atoms with Crippen LogP contribution in [0.4, 0.5) is 0 Å². The zero-order valence-electron chi connectivity index (χ0n) is 15.9. The van der Waals surface area contributed by atoms with Gasteiger partial charge in [-0.25, -0.2) is 4.98 Å². The molecule has 0 aromatic carbocycles. The lowest BCUT2D eigenvalue weighted by atomic mass is 9.96. The smallest absolute Gasteiger partial charge is 0.264 e. The zero-order chi connectivity index (χ0) is 19.6. The maximum absolute atomic E-state index is 13.0. The predicted molar refractivity (Wildman–Crippen MR) is 106 cm³/mol. The Morgan fingerprint density at radius 3 is 2.63 bits per heavy atom. The summed E-state index contributed by atoms with van der Waals surface area (Å²) < 4.78 is 1.64. The topological polar surface area (TPSA) is 98.3 Å². The summed E-state index contributed by atoms with van der Waals surface area (Å²) in [6, 6.07) is 0. The number of primary amides is 1. The molecule has 0 unspecified atom stereocenters. The number of carbonyl (C=O) groups is 2. The van der Waals surface area contributed by atoms with E-state index >= 15 is 0 Å². The van der Waals surface area contributed by atoms with Gasteiger partial charge in [-0.2, -0.15) is 0 Å². The SMILES string of the molecule is CCCCCn1cnc2sc(C(=O)N3CCC(C(N)=O)CC3)c(C)c2c1=O. The van der Waals surface area contributed by atoms with Gasteiger partial charge >= 0.3 is 0 Å². The summed E-state index contributed by atoms with van der Waals surface area (Å²) in [6.45, 7) is 5.61. The number of thiophene rings is 1. The van der Waals surface area contributed by atoms with Gasteiger partial charge in [-0.15, -0.1) is 11.3 Å². The second kappa shape index (κ2) is 8.21. The van der Waals surface area contributed by atoms with Crippen molar-refractivity contribution in [3.63, 3.8) is 0 Å². The fraction of sp³-hybridized carbons (Fsp3) is 0.579. The molecule has 3 rings (SSSR count). The van der Waals surface area contributed by atoms with Crippen molar-refractivity contribution in [2.45, 2.75) is 52.5 Å². The highest BCUT2D eigenvalue weighted by Crippen LogP contribution is 2.29. The van der Waals surface area contributed by atoms with Crippen molar-refractivity contribution in [3.8, 4) is 0 Å². The van der Waals surface area contributed by atoms with Crippen LogP contribution in [0.15, 0.2) is 11.1 Å². The van der Waals surface area contributed by atoms with Crippen LogP contribution in [0.2, 0.25) is 0 Å². The van der Waals surface area contributed by atoms with E-state index in [1.165, 1.54) is 11.3 Å². The zero-order valence-corrected chi connectivity index (χ0v) is 16.7. The van der Waals surface area contributed by atoms with E-state index in [2.05, 4.69) is 11.9 Å². The number of piperidine rings is 1. The van der Waals surface area contributed by atoms with E-state index in [1.54, 1.807) is 15.8 Å². The number of unbranched alkanes of at least 4 members (excludes halogenated alkanes) is 2. The third-order valence-corrected chi connectivity index (χ3v) is 6.49. The molecule has 8 heteroatoms. The van der Waals surface area contributed by atoms with Crippen LogP contribution in [-0.4, -0.2) is 39.4 Å². The maximum Gasteiger partial charge on any atom is 0.264 e. The molecule has 1 aliphatic heterocycles. The number of likely N-dealkylation sites (tertiary alicyclic amines) is 1. The minimum atomic E-state index is -0.298. The molecule has 0 spiro atoms. The van der Waals surface area contributed by atoms with E-state index in [4.69, 9.17) is 5.73 Å². The first-order valence-corrected chi connectivity index (χ1v) is 10.3. The van der Waals surface area contributed by atoms with Gasteiger partial charge in [-0.05, 0) is 31.7 Å². The Kier molecular flexibility index (Phi) is 5.94. The van der Waals surface area contributed by atoms with E-state index in [1.807, 2.05) is 6.92 Å². The molecule has 3 heterocycles. The molecule has 1 saturated heterocycles. The number of amides is 2. The Labute approximate surface area is 162 Å². The standard InChI is InChI=1S/C19H26N4O3S/c1-3-4-5-8-23-11-21-17-14(18(23)25)12(2)15(27-17)19(26)22-9-6-13(7-10-22)16(20)24/h11,13H,3-10H2,1-2H3,(H2,20,24). The number of rotatable bonds is 6. The van der Waals surface area contributed by atoms with Crippen molar-refractivity contribution >= 4 is 33.4 Å². The minimum Gasteiger partial charge on any atom is -0.369 e. The molecule has 0 radical (unpaired) electrons. The molecule has 1 fully saturated rings. The van der Waals surface area contributed by atoms with Gasteiger partial charge in [0.2, 0.25) is 5.91 Å². The van der Waals surface area contributed by atoms with Gasteiger partial charge in [0.1, 0.15) is 4.83 Å². The van der Waals surface area contributed by atoms with Crippen LogP contribution in [0.1, 0.15) is 54.3 Å². The third kappa shape index (κ3) is 3.90. The van der Waals surface area contributed by atoms with Crippen LogP contribution in [0.3, 0.4) is 0 Å². The Balaban J connectivity index is 1.84. The minimum absolute atomic E-state index is 0.0728. The summed E-state index contributed by atoms with van der Waals surface area (Å²) in [4.78, 5) is 44.4. The Morgan fingerprint density at radius 1 is 1.30 bits per heavy atom. The van der Waals surface area contributed by atoms with Crippen molar-refractivity contribution in [3.05, 3.63) is 27.1 Å². The van der Waals surface area contributed by atoms with E-state index in [0.717, 1.165) is 19.3 Å². The number of fused-ring (bicyclic) bond motifs is 1. The van der Waals surface area contributed by atoms with Gasteiger partial charge in [-0.1, -0.05) is 19.8 Å². The summed E-state index contributed by atoms with van der Waals surface area (Å²) in [5.74, 6) is -0.544. The van der Waals surface area contributed by atoms with Crippen LogP contribution in [-0.2, 0) is 11.3 Å². The second-order valence-electron chi connectivity index (χ2n) is 7.16.